The fraction of sp³-hybridized carbons (Fsp3) is 0.458. The number of aryl methyl sites for hydroxylation is 3. The first kappa shape index (κ1) is 22.7. The molecule has 0 bridgehead atoms. The van der Waals surface area contributed by atoms with Gasteiger partial charge in [-0.15, -0.1) is 5.10 Å². The van der Waals surface area contributed by atoms with E-state index in [2.05, 4.69) is 60.4 Å². The van der Waals surface area contributed by atoms with Gasteiger partial charge in [0.2, 0.25) is 0 Å². The van der Waals surface area contributed by atoms with Crippen molar-refractivity contribution in [2.45, 2.75) is 40.7 Å². The van der Waals surface area contributed by atoms with Crippen LogP contribution in [0.2, 0.25) is 0 Å². The van der Waals surface area contributed by atoms with Crippen LogP contribution in [0, 0.1) is 13.8 Å². The van der Waals surface area contributed by atoms with Crippen molar-refractivity contribution in [1.29, 1.82) is 0 Å². The summed E-state index contributed by atoms with van der Waals surface area (Å²) in [5.41, 5.74) is 5.09. The number of aromatic nitrogens is 3. The van der Waals surface area contributed by atoms with Crippen LogP contribution >= 0.6 is 0 Å². The number of carbonyl (C=O) groups is 1. The molecule has 1 aromatic heterocycles. The lowest BCUT2D eigenvalue weighted by Gasteiger charge is -2.17. The number of benzene rings is 2. The smallest absolute Gasteiger partial charge is 0.251 e. The lowest BCUT2D eigenvalue weighted by molar-refractivity contribution is 0.0949. The van der Waals surface area contributed by atoms with Gasteiger partial charge in [-0.1, -0.05) is 19.1 Å². The Morgan fingerprint density at radius 3 is 2.52 bits per heavy atom. The number of rotatable bonds is 11. The molecule has 0 atom stereocenters. The summed E-state index contributed by atoms with van der Waals surface area (Å²) < 4.78 is 7.76. The molecule has 2 aromatic carbocycles. The SMILES string of the molecule is CCN(CC)CCNC(=O)c1ccc(OCCCn2nnc3cc(C)c(C)cc32)cc1. The summed E-state index contributed by atoms with van der Waals surface area (Å²) in [6.07, 6.45) is 0.818. The summed E-state index contributed by atoms with van der Waals surface area (Å²) in [6.45, 7) is 13.2. The third-order valence-electron chi connectivity index (χ3n) is 5.64. The Labute approximate surface area is 184 Å². The van der Waals surface area contributed by atoms with Gasteiger partial charge in [0.15, 0.2) is 0 Å². The number of nitrogens with one attached hydrogen (secondary N) is 1. The minimum atomic E-state index is -0.0534. The molecule has 3 rings (SSSR count). The zero-order chi connectivity index (χ0) is 22.2. The van der Waals surface area contributed by atoms with E-state index < -0.39 is 0 Å². The van der Waals surface area contributed by atoms with Crippen LogP contribution in [-0.4, -0.2) is 58.6 Å². The maximum Gasteiger partial charge on any atom is 0.251 e. The van der Waals surface area contributed by atoms with Crippen LogP contribution in [-0.2, 0) is 6.54 Å². The van der Waals surface area contributed by atoms with Gasteiger partial charge in [0, 0.05) is 31.6 Å². The minimum absolute atomic E-state index is 0.0534. The Kier molecular flexibility index (Phi) is 8.00. The third kappa shape index (κ3) is 6.04. The highest BCUT2D eigenvalue weighted by molar-refractivity contribution is 5.94. The molecule has 31 heavy (non-hydrogen) atoms. The van der Waals surface area contributed by atoms with Crippen molar-refractivity contribution in [2.24, 2.45) is 0 Å². The van der Waals surface area contributed by atoms with Gasteiger partial charge in [-0.3, -0.25) is 4.79 Å². The van der Waals surface area contributed by atoms with Crippen molar-refractivity contribution in [1.82, 2.24) is 25.2 Å². The van der Waals surface area contributed by atoms with E-state index in [1.54, 1.807) is 12.1 Å². The largest absolute Gasteiger partial charge is 0.494 e. The lowest BCUT2D eigenvalue weighted by atomic mass is 10.1. The van der Waals surface area contributed by atoms with E-state index in [0.717, 1.165) is 49.4 Å². The van der Waals surface area contributed by atoms with E-state index in [1.807, 2.05) is 16.8 Å². The topological polar surface area (TPSA) is 72.3 Å². The van der Waals surface area contributed by atoms with Crippen LogP contribution in [0.5, 0.6) is 5.75 Å². The second-order valence-corrected chi connectivity index (χ2v) is 7.75. The van der Waals surface area contributed by atoms with Crippen LogP contribution in [0.15, 0.2) is 36.4 Å². The number of ether oxygens (including phenoxy) is 1. The van der Waals surface area contributed by atoms with Crippen molar-refractivity contribution in [3.05, 3.63) is 53.1 Å². The molecule has 0 saturated heterocycles. The summed E-state index contributed by atoms with van der Waals surface area (Å²) in [6, 6.07) is 11.5. The molecule has 7 heteroatoms. The average Bonchev–Trinajstić information content (AvgIpc) is 3.16. The average molecular weight is 424 g/mol. The van der Waals surface area contributed by atoms with Gasteiger partial charge >= 0.3 is 0 Å². The Morgan fingerprint density at radius 2 is 1.81 bits per heavy atom. The summed E-state index contributed by atoms with van der Waals surface area (Å²) in [5, 5.41) is 11.5. The summed E-state index contributed by atoms with van der Waals surface area (Å²) in [4.78, 5) is 14.6. The maximum atomic E-state index is 12.3. The van der Waals surface area contributed by atoms with Crippen LogP contribution < -0.4 is 10.1 Å². The number of hydrogen-bond acceptors (Lipinski definition) is 5. The highest BCUT2D eigenvalue weighted by atomic mass is 16.5. The third-order valence-corrected chi connectivity index (χ3v) is 5.64. The van der Waals surface area contributed by atoms with Gasteiger partial charge in [0.05, 0.1) is 12.1 Å². The van der Waals surface area contributed by atoms with Crippen molar-refractivity contribution in [3.63, 3.8) is 0 Å². The van der Waals surface area contributed by atoms with Gasteiger partial charge in [0.1, 0.15) is 11.3 Å². The molecule has 0 aliphatic heterocycles. The number of amides is 1. The quantitative estimate of drug-likeness (QED) is 0.477. The molecular weight excluding hydrogens is 390 g/mol. The van der Waals surface area contributed by atoms with E-state index >= 15 is 0 Å². The van der Waals surface area contributed by atoms with Crippen molar-refractivity contribution in [3.8, 4) is 5.75 Å². The zero-order valence-electron chi connectivity index (χ0n) is 19.0. The first-order valence-electron chi connectivity index (χ1n) is 11.1. The molecule has 0 unspecified atom stereocenters. The predicted octanol–water partition coefficient (Wildman–Crippen LogP) is 3.59. The number of likely N-dealkylation sites (N-methyl/N-ethyl adjacent to an activating group) is 1. The zero-order valence-corrected chi connectivity index (χ0v) is 19.0. The van der Waals surface area contributed by atoms with Gasteiger partial charge in [-0.05, 0) is 74.5 Å². The van der Waals surface area contributed by atoms with Crippen molar-refractivity contribution < 1.29 is 9.53 Å². The van der Waals surface area contributed by atoms with E-state index in [1.165, 1.54) is 11.1 Å². The Hall–Kier alpha value is -2.93. The molecule has 1 heterocycles. The van der Waals surface area contributed by atoms with E-state index in [0.29, 0.717) is 18.7 Å². The minimum Gasteiger partial charge on any atom is -0.494 e. The fourth-order valence-electron chi connectivity index (χ4n) is 3.46. The molecule has 0 saturated carbocycles. The van der Waals surface area contributed by atoms with Crippen LogP contribution in [0.3, 0.4) is 0 Å². The monoisotopic (exact) mass is 423 g/mol. The van der Waals surface area contributed by atoms with Gasteiger partial charge in [-0.2, -0.15) is 0 Å². The van der Waals surface area contributed by atoms with Gasteiger partial charge in [-0.25, -0.2) is 4.68 Å². The molecule has 1 amide bonds. The van der Waals surface area contributed by atoms with Crippen LogP contribution in [0.25, 0.3) is 11.0 Å². The number of carbonyl (C=O) groups excluding carboxylic acids is 1. The van der Waals surface area contributed by atoms with Crippen LogP contribution in [0.4, 0.5) is 0 Å². The lowest BCUT2D eigenvalue weighted by Crippen LogP contribution is -2.34. The predicted molar refractivity (Wildman–Crippen MR) is 124 cm³/mol. The first-order chi connectivity index (χ1) is 15.0. The van der Waals surface area contributed by atoms with E-state index in [9.17, 15) is 4.79 Å². The van der Waals surface area contributed by atoms with E-state index in [4.69, 9.17) is 4.74 Å². The summed E-state index contributed by atoms with van der Waals surface area (Å²) in [7, 11) is 0. The Balaban J connectivity index is 1.43. The Morgan fingerprint density at radius 1 is 1.10 bits per heavy atom. The molecule has 0 spiro atoms. The standard InChI is InChI=1S/C24H33N5O2/c1-5-28(6-2)14-12-25-24(30)20-8-10-21(11-9-20)31-15-7-13-29-23-17-19(4)18(3)16-22(23)26-27-29/h8-11,16-17H,5-7,12-15H2,1-4H3,(H,25,30). The molecule has 3 aromatic rings. The molecule has 7 nitrogen and oxygen atoms in total. The molecule has 0 aliphatic carbocycles. The first-order valence-corrected chi connectivity index (χ1v) is 11.1. The highest BCUT2D eigenvalue weighted by Crippen LogP contribution is 2.17. The molecule has 0 fully saturated rings. The van der Waals surface area contributed by atoms with Crippen molar-refractivity contribution in [2.75, 3.05) is 32.8 Å². The normalized spacial score (nSPS) is 11.3. The second kappa shape index (κ2) is 10.9. The number of fused-ring (bicyclic) bond motifs is 1. The second-order valence-electron chi connectivity index (χ2n) is 7.75. The molecule has 0 aliphatic rings. The molecular formula is C24H33N5O2. The summed E-state index contributed by atoms with van der Waals surface area (Å²) >= 11 is 0. The van der Waals surface area contributed by atoms with Gasteiger partial charge < -0.3 is 15.0 Å². The molecule has 1 N–H and O–H groups in total. The highest BCUT2D eigenvalue weighted by Gasteiger charge is 2.08. The fourth-order valence-corrected chi connectivity index (χ4v) is 3.46. The Bertz CT molecular complexity index is 993. The van der Waals surface area contributed by atoms with Crippen LogP contribution in [0.1, 0.15) is 41.8 Å². The molecule has 0 radical (unpaired) electrons. The number of nitrogens with zero attached hydrogens (tertiary/aromatic N) is 4. The maximum absolute atomic E-state index is 12.3. The molecule has 166 valence electrons. The van der Waals surface area contributed by atoms with Gasteiger partial charge in [0.25, 0.3) is 5.91 Å². The van der Waals surface area contributed by atoms with Crippen molar-refractivity contribution >= 4 is 16.9 Å². The number of hydrogen-bond donors (Lipinski definition) is 1. The summed E-state index contributed by atoms with van der Waals surface area (Å²) in [5.74, 6) is 0.705. The van der Waals surface area contributed by atoms with E-state index in [-0.39, 0.29) is 5.91 Å².